The Balaban J connectivity index is 2.43. The second-order valence-electron chi connectivity index (χ2n) is 5.42. The van der Waals surface area contributed by atoms with Crippen LogP contribution in [0.1, 0.15) is 26.3 Å². The number of fused-ring (bicyclic) bond motifs is 1. The summed E-state index contributed by atoms with van der Waals surface area (Å²) >= 11 is 0. The number of nitrogen functional groups attached to an aromatic ring is 1. The number of nitrogens with two attached hydrogens (primary N) is 1. The first kappa shape index (κ1) is 14.7. The van der Waals surface area contributed by atoms with E-state index in [-0.39, 0.29) is 6.04 Å². The first-order valence-corrected chi connectivity index (χ1v) is 7.08. The van der Waals surface area contributed by atoms with Crippen LogP contribution in [0.3, 0.4) is 0 Å². The van der Waals surface area contributed by atoms with Gasteiger partial charge in [0.2, 0.25) is 5.95 Å². The van der Waals surface area contributed by atoms with Gasteiger partial charge in [-0.1, -0.05) is 13.0 Å². The number of aromatic nitrogens is 2. The minimum absolute atomic E-state index is 0.261. The summed E-state index contributed by atoms with van der Waals surface area (Å²) in [5, 5.41) is 0. The standard InChI is InChI=1S/C15H24N4O/c1-5-9-20-13-8-6-7-12-14(13)17-15(16)19(12)11(2)10-18(3)4/h6-8,11H,5,9-10H2,1-4H3,(H2,16,17). The molecule has 1 atom stereocenters. The zero-order valence-electron chi connectivity index (χ0n) is 12.8. The Hall–Kier alpha value is -1.75. The van der Waals surface area contributed by atoms with Gasteiger partial charge in [0.05, 0.1) is 12.1 Å². The van der Waals surface area contributed by atoms with Crippen molar-refractivity contribution >= 4 is 17.0 Å². The zero-order valence-corrected chi connectivity index (χ0v) is 12.8. The lowest BCUT2D eigenvalue weighted by Gasteiger charge is -2.20. The Morgan fingerprint density at radius 3 is 2.80 bits per heavy atom. The molecule has 0 aliphatic carbocycles. The highest BCUT2D eigenvalue weighted by Gasteiger charge is 2.17. The van der Waals surface area contributed by atoms with Crippen molar-refractivity contribution in [3.05, 3.63) is 18.2 Å². The van der Waals surface area contributed by atoms with Crippen LogP contribution in [0.25, 0.3) is 11.0 Å². The van der Waals surface area contributed by atoms with Crippen molar-refractivity contribution in [2.75, 3.05) is 33.0 Å². The van der Waals surface area contributed by atoms with Crippen LogP contribution >= 0.6 is 0 Å². The molecule has 110 valence electrons. The van der Waals surface area contributed by atoms with Crippen molar-refractivity contribution in [3.63, 3.8) is 0 Å². The molecule has 20 heavy (non-hydrogen) atoms. The Morgan fingerprint density at radius 1 is 1.40 bits per heavy atom. The third-order valence-electron chi connectivity index (χ3n) is 3.24. The lowest BCUT2D eigenvalue weighted by molar-refractivity contribution is 0.320. The highest BCUT2D eigenvalue weighted by atomic mass is 16.5. The summed E-state index contributed by atoms with van der Waals surface area (Å²) in [4.78, 5) is 6.64. The van der Waals surface area contributed by atoms with Crippen molar-refractivity contribution in [2.45, 2.75) is 26.3 Å². The van der Waals surface area contributed by atoms with E-state index in [2.05, 4.69) is 42.4 Å². The fourth-order valence-electron chi connectivity index (χ4n) is 2.51. The van der Waals surface area contributed by atoms with Gasteiger partial charge in [-0.2, -0.15) is 0 Å². The molecule has 0 spiro atoms. The number of anilines is 1. The Bertz CT molecular complexity index is 577. The van der Waals surface area contributed by atoms with E-state index in [9.17, 15) is 0 Å². The largest absolute Gasteiger partial charge is 0.491 e. The number of benzene rings is 1. The van der Waals surface area contributed by atoms with Gasteiger partial charge in [-0.25, -0.2) is 4.98 Å². The topological polar surface area (TPSA) is 56.3 Å². The molecule has 0 bridgehead atoms. The molecule has 1 aromatic heterocycles. The molecule has 0 aliphatic heterocycles. The number of hydrogen-bond donors (Lipinski definition) is 1. The van der Waals surface area contributed by atoms with E-state index in [0.717, 1.165) is 29.7 Å². The molecule has 1 aromatic carbocycles. The van der Waals surface area contributed by atoms with Gasteiger partial charge in [0.1, 0.15) is 11.3 Å². The molecule has 0 aliphatic rings. The van der Waals surface area contributed by atoms with Gasteiger partial charge in [0.15, 0.2) is 0 Å². The highest BCUT2D eigenvalue weighted by Crippen LogP contribution is 2.29. The molecule has 5 heteroatoms. The first-order chi connectivity index (χ1) is 9.54. The van der Waals surface area contributed by atoms with E-state index in [4.69, 9.17) is 10.5 Å². The minimum Gasteiger partial charge on any atom is -0.491 e. The molecule has 1 heterocycles. The van der Waals surface area contributed by atoms with Gasteiger partial charge in [-0.05, 0) is 39.6 Å². The minimum atomic E-state index is 0.261. The van der Waals surface area contributed by atoms with E-state index >= 15 is 0 Å². The maximum atomic E-state index is 6.11. The Labute approximate surface area is 120 Å². The maximum absolute atomic E-state index is 6.11. The average molecular weight is 276 g/mol. The van der Waals surface area contributed by atoms with Gasteiger partial charge in [0, 0.05) is 12.6 Å². The molecular weight excluding hydrogens is 252 g/mol. The van der Waals surface area contributed by atoms with E-state index in [1.165, 1.54) is 0 Å². The predicted octanol–water partition coefficient (Wildman–Crippen LogP) is 2.53. The predicted molar refractivity (Wildman–Crippen MR) is 83.2 cm³/mol. The summed E-state index contributed by atoms with van der Waals surface area (Å²) in [6, 6.07) is 6.25. The highest BCUT2D eigenvalue weighted by molar-refractivity contribution is 5.84. The summed E-state index contributed by atoms with van der Waals surface area (Å²) in [5.74, 6) is 1.36. The molecule has 0 fully saturated rings. The number of para-hydroxylation sites is 1. The summed E-state index contributed by atoms with van der Waals surface area (Å²) < 4.78 is 7.83. The number of rotatable bonds is 6. The van der Waals surface area contributed by atoms with Gasteiger partial charge in [-0.15, -0.1) is 0 Å². The summed E-state index contributed by atoms with van der Waals surface area (Å²) in [6.07, 6.45) is 0.976. The van der Waals surface area contributed by atoms with Crippen LogP contribution in [-0.4, -0.2) is 41.7 Å². The maximum Gasteiger partial charge on any atom is 0.201 e. The van der Waals surface area contributed by atoms with Crippen LogP contribution in [-0.2, 0) is 0 Å². The van der Waals surface area contributed by atoms with Gasteiger partial charge >= 0.3 is 0 Å². The van der Waals surface area contributed by atoms with Crippen LogP contribution < -0.4 is 10.5 Å². The van der Waals surface area contributed by atoms with Gasteiger partial charge in [0.25, 0.3) is 0 Å². The number of likely N-dealkylation sites (N-methyl/N-ethyl adjacent to an activating group) is 1. The third-order valence-corrected chi connectivity index (χ3v) is 3.24. The van der Waals surface area contributed by atoms with Crippen LogP contribution in [0.5, 0.6) is 5.75 Å². The third kappa shape index (κ3) is 2.88. The average Bonchev–Trinajstić information content (AvgIpc) is 2.72. The van der Waals surface area contributed by atoms with E-state index in [1.807, 2.05) is 18.2 Å². The Kier molecular flexibility index (Phi) is 4.49. The van der Waals surface area contributed by atoms with Crippen molar-refractivity contribution in [2.24, 2.45) is 0 Å². The monoisotopic (exact) mass is 276 g/mol. The van der Waals surface area contributed by atoms with Gasteiger partial charge < -0.3 is 19.9 Å². The molecule has 1 unspecified atom stereocenters. The summed E-state index contributed by atoms with van der Waals surface area (Å²) in [5.41, 5.74) is 7.99. The van der Waals surface area contributed by atoms with Crippen molar-refractivity contribution < 1.29 is 4.74 Å². The van der Waals surface area contributed by atoms with E-state index in [1.54, 1.807) is 0 Å². The van der Waals surface area contributed by atoms with Crippen LogP contribution in [0.2, 0.25) is 0 Å². The zero-order chi connectivity index (χ0) is 14.7. The number of nitrogens with zero attached hydrogens (tertiary/aromatic N) is 3. The molecule has 0 saturated carbocycles. The molecule has 0 amide bonds. The van der Waals surface area contributed by atoms with Crippen LogP contribution in [0, 0.1) is 0 Å². The number of hydrogen-bond acceptors (Lipinski definition) is 4. The molecule has 5 nitrogen and oxygen atoms in total. The molecule has 2 N–H and O–H groups in total. The smallest absolute Gasteiger partial charge is 0.201 e. The molecule has 2 aromatic rings. The van der Waals surface area contributed by atoms with Crippen molar-refractivity contribution in [3.8, 4) is 5.75 Å². The molecule has 0 saturated heterocycles. The molecule has 0 radical (unpaired) electrons. The van der Waals surface area contributed by atoms with Gasteiger partial charge in [-0.3, -0.25) is 0 Å². The SMILES string of the molecule is CCCOc1cccc2c1nc(N)n2C(C)CN(C)C. The lowest BCUT2D eigenvalue weighted by atomic mass is 10.2. The lowest BCUT2D eigenvalue weighted by Crippen LogP contribution is -2.23. The molecular formula is C15H24N4O. The second-order valence-corrected chi connectivity index (χ2v) is 5.42. The fourth-order valence-corrected chi connectivity index (χ4v) is 2.51. The van der Waals surface area contributed by atoms with E-state index in [0.29, 0.717) is 12.6 Å². The Morgan fingerprint density at radius 2 is 2.15 bits per heavy atom. The van der Waals surface area contributed by atoms with Crippen LogP contribution in [0.4, 0.5) is 5.95 Å². The normalized spacial score (nSPS) is 13.1. The fraction of sp³-hybridized carbons (Fsp3) is 0.533. The summed E-state index contributed by atoms with van der Waals surface area (Å²) in [6.45, 7) is 5.85. The quantitative estimate of drug-likeness (QED) is 0.881. The second kappa shape index (κ2) is 6.13. The van der Waals surface area contributed by atoms with Crippen LogP contribution in [0.15, 0.2) is 18.2 Å². The van der Waals surface area contributed by atoms with E-state index < -0.39 is 0 Å². The number of ether oxygens (including phenoxy) is 1. The summed E-state index contributed by atoms with van der Waals surface area (Å²) in [7, 11) is 4.11. The van der Waals surface area contributed by atoms with Crippen molar-refractivity contribution in [1.82, 2.24) is 14.5 Å². The van der Waals surface area contributed by atoms with Crippen molar-refractivity contribution in [1.29, 1.82) is 0 Å². The molecule has 2 rings (SSSR count). The first-order valence-electron chi connectivity index (χ1n) is 7.08. The number of imidazole rings is 1.